The van der Waals surface area contributed by atoms with Crippen LogP contribution in [0.3, 0.4) is 0 Å². The Labute approximate surface area is 123 Å². The predicted octanol–water partition coefficient (Wildman–Crippen LogP) is 2.62. The van der Waals surface area contributed by atoms with Crippen molar-refractivity contribution >= 4 is 0 Å². The lowest BCUT2D eigenvalue weighted by Gasteiger charge is -2.46. The molecule has 0 atom stereocenters. The van der Waals surface area contributed by atoms with E-state index in [1.165, 1.54) is 31.2 Å². The lowest BCUT2D eigenvalue weighted by molar-refractivity contribution is 0.0508. The summed E-state index contributed by atoms with van der Waals surface area (Å²) < 4.78 is 5.20. The molecule has 1 aliphatic rings. The molecular formula is C17H28N2O. The first-order chi connectivity index (χ1) is 9.72. The second-order valence-corrected chi connectivity index (χ2v) is 6.03. The Balaban J connectivity index is 1.97. The van der Waals surface area contributed by atoms with Gasteiger partial charge >= 0.3 is 0 Å². The largest absolute Gasteiger partial charge is 0.383 e. The van der Waals surface area contributed by atoms with Crippen molar-refractivity contribution in [2.45, 2.75) is 37.1 Å². The standard InChI is InChI=1S/C17H28N2O/c1-19(12-13-20-2)17(14-18)10-8-16(9-11-17)15-6-4-3-5-7-15/h3-7,16H,8-14,18H2,1-2H3. The van der Waals surface area contributed by atoms with Crippen LogP contribution in [0.15, 0.2) is 30.3 Å². The third-order valence-electron chi connectivity index (χ3n) is 5.01. The fourth-order valence-electron chi connectivity index (χ4n) is 3.42. The predicted molar refractivity (Wildman–Crippen MR) is 83.9 cm³/mol. The highest BCUT2D eigenvalue weighted by atomic mass is 16.5. The number of nitrogens with two attached hydrogens (primary N) is 1. The van der Waals surface area contributed by atoms with Gasteiger partial charge in [0.25, 0.3) is 0 Å². The number of likely N-dealkylation sites (N-methyl/N-ethyl adjacent to an activating group) is 1. The molecule has 2 rings (SSSR count). The topological polar surface area (TPSA) is 38.5 Å². The van der Waals surface area contributed by atoms with Crippen molar-refractivity contribution in [3.63, 3.8) is 0 Å². The number of methoxy groups -OCH3 is 1. The van der Waals surface area contributed by atoms with Gasteiger partial charge in [-0.1, -0.05) is 30.3 Å². The Morgan fingerprint density at radius 2 is 1.90 bits per heavy atom. The molecule has 0 aromatic heterocycles. The molecule has 0 heterocycles. The summed E-state index contributed by atoms with van der Waals surface area (Å²) in [5, 5.41) is 0. The maximum Gasteiger partial charge on any atom is 0.0589 e. The van der Waals surface area contributed by atoms with Crippen molar-refractivity contribution in [2.75, 3.05) is 33.9 Å². The van der Waals surface area contributed by atoms with Gasteiger partial charge in [0.05, 0.1) is 6.61 Å². The van der Waals surface area contributed by atoms with Crippen molar-refractivity contribution in [3.05, 3.63) is 35.9 Å². The van der Waals surface area contributed by atoms with Crippen LogP contribution < -0.4 is 5.73 Å². The Kier molecular flexibility index (Phi) is 5.58. The van der Waals surface area contributed by atoms with Gasteiger partial charge in [-0.15, -0.1) is 0 Å². The van der Waals surface area contributed by atoms with Gasteiger partial charge in [-0.2, -0.15) is 0 Å². The molecule has 2 N–H and O–H groups in total. The quantitative estimate of drug-likeness (QED) is 0.868. The van der Waals surface area contributed by atoms with Crippen LogP contribution in [0.4, 0.5) is 0 Å². The van der Waals surface area contributed by atoms with Gasteiger partial charge in [-0.05, 0) is 44.2 Å². The number of benzene rings is 1. The van der Waals surface area contributed by atoms with Crippen LogP contribution in [0.1, 0.15) is 37.2 Å². The molecule has 3 nitrogen and oxygen atoms in total. The third-order valence-corrected chi connectivity index (χ3v) is 5.01. The van der Waals surface area contributed by atoms with E-state index in [-0.39, 0.29) is 5.54 Å². The number of hydrogen-bond donors (Lipinski definition) is 1. The van der Waals surface area contributed by atoms with E-state index in [4.69, 9.17) is 10.5 Å². The van der Waals surface area contributed by atoms with E-state index >= 15 is 0 Å². The summed E-state index contributed by atoms with van der Waals surface area (Å²) in [7, 11) is 3.95. The molecule has 0 aliphatic heterocycles. The van der Waals surface area contributed by atoms with E-state index in [2.05, 4.69) is 42.3 Å². The molecule has 0 bridgehead atoms. The van der Waals surface area contributed by atoms with Crippen LogP contribution >= 0.6 is 0 Å². The summed E-state index contributed by atoms with van der Waals surface area (Å²) in [5.41, 5.74) is 7.77. The van der Waals surface area contributed by atoms with Crippen LogP contribution in [0.25, 0.3) is 0 Å². The van der Waals surface area contributed by atoms with E-state index in [1.807, 2.05) is 0 Å². The highest BCUT2D eigenvalue weighted by Gasteiger charge is 2.37. The molecule has 1 aliphatic carbocycles. The van der Waals surface area contributed by atoms with E-state index in [9.17, 15) is 0 Å². The molecule has 0 unspecified atom stereocenters. The van der Waals surface area contributed by atoms with Crippen LogP contribution in [-0.4, -0.2) is 44.3 Å². The molecule has 0 radical (unpaired) electrons. The van der Waals surface area contributed by atoms with Gasteiger partial charge in [0, 0.05) is 25.7 Å². The summed E-state index contributed by atoms with van der Waals surface area (Å²) >= 11 is 0. The lowest BCUT2D eigenvalue weighted by atomic mass is 9.73. The number of nitrogens with zero attached hydrogens (tertiary/aromatic N) is 1. The van der Waals surface area contributed by atoms with Gasteiger partial charge in [-0.25, -0.2) is 0 Å². The first-order valence-electron chi connectivity index (χ1n) is 7.67. The summed E-state index contributed by atoms with van der Waals surface area (Å²) in [6, 6.07) is 10.9. The minimum atomic E-state index is 0.170. The number of hydrogen-bond acceptors (Lipinski definition) is 3. The first kappa shape index (κ1) is 15.5. The smallest absolute Gasteiger partial charge is 0.0589 e. The highest BCUT2D eigenvalue weighted by Crippen LogP contribution is 2.40. The molecule has 0 amide bonds. The molecule has 112 valence electrons. The SMILES string of the molecule is COCCN(C)C1(CN)CCC(c2ccccc2)CC1. The van der Waals surface area contributed by atoms with E-state index in [0.29, 0.717) is 5.92 Å². The zero-order valence-electron chi connectivity index (χ0n) is 12.8. The molecule has 0 saturated heterocycles. The van der Waals surface area contributed by atoms with Gasteiger partial charge in [0.2, 0.25) is 0 Å². The summed E-state index contributed by atoms with van der Waals surface area (Å²) in [5.74, 6) is 0.701. The number of rotatable bonds is 6. The summed E-state index contributed by atoms with van der Waals surface area (Å²) in [6.07, 6.45) is 4.84. The maximum atomic E-state index is 6.11. The minimum absolute atomic E-state index is 0.170. The monoisotopic (exact) mass is 276 g/mol. The highest BCUT2D eigenvalue weighted by molar-refractivity contribution is 5.20. The maximum absolute atomic E-state index is 6.11. The van der Waals surface area contributed by atoms with Crippen LogP contribution in [0.2, 0.25) is 0 Å². The van der Waals surface area contributed by atoms with E-state index in [0.717, 1.165) is 19.7 Å². The van der Waals surface area contributed by atoms with Gasteiger partial charge in [0.1, 0.15) is 0 Å². The second kappa shape index (κ2) is 7.21. The zero-order valence-corrected chi connectivity index (χ0v) is 12.8. The van der Waals surface area contributed by atoms with Gasteiger partial charge in [0.15, 0.2) is 0 Å². The van der Waals surface area contributed by atoms with Crippen molar-refractivity contribution in [1.29, 1.82) is 0 Å². The second-order valence-electron chi connectivity index (χ2n) is 6.03. The Hall–Kier alpha value is -0.900. The van der Waals surface area contributed by atoms with E-state index in [1.54, 1.807) is 7.11 Å². The van der Waals surface area contributed by atoms with Gasteiger partial charge < -0.3 is 10.5 Å². The molecule has 1 aromatic carbocycles. The molecule has 3 heteroatoms. The fourth-order valence-corrected chi connectivity index (χ4v) is 3.42. The van der Waals surface area contributed by atoms with Crippen molar-refractivity contribution in [1.82, 2.24) is 4.90 Å². The summed E-state index contributed by atoms with van der Waals surface area (Å²) in [4.78, 5) is 2.41. The molecular weight excluding hydrogens is 248 g/mol. The Morgan fingerprint density at radius 1 is 1.25 bits per heavy atom. The lowest BCUT2D eigenvalue weighted by Crippen LogP contribution is -2.54. The van der Waals surface area contributed by atoms with Crippen molar-refractivity contribution in [2.24, 2.45) is 5.73 Å². The fraction of sp³-hybridized carbons (Fsp3) is 0.647. The molecule has 20 heavy (non-hydrogen) atoms. The normalized spacial score (nSPS) is 26.9. The molecule has 1 aromatic rings. The number of ether oxygens (including phenoxy) is 1. The molecule has 1 fully saturated rings. The van der Waals surface area contributed by atoms with Gasteiger partial charge in [-0.3, -0.25) is 4.90 Å². The molecule has 1 saturated carbocycles. The first-order valence-corrected chi connectivity index (χ1v) is 7.67. The Morgan fingerprint density at radius 3 is 2.45 bits per heavy atom. The van der Waals surface area contributed by atoms with Crippen LogP contribution in [0, 0.1) is 0 Å². The van der Waals surface area contributed by atoms with Crippen LogP contribution in [0.5, 0.6) is 0 Å². The Bertz CT molecular complexity index is 385. The molecule has 0 spiro atoms. The van der Waals surface area contributed by atoms with Crippen molar-refractivity contribution in [3.8, 4) is 0 Å². The zero-order chi connectivity index (χ0) is 14.4. The summed E-state index contributed by atoms with van der Waals surface area (Å²) in [6.45, 7) is 2.48. The van der Waals surface area contributed by atoms with Crippen molar-refractivity contribution < 1.29 is 4.74 Å². The third kappa shape index (κ3) is 3.40. The van der Waals surface area contributed by atoms with Crippen LogP contribution in [-0.2, 0) is 4.74 Å². The van der Waals surface area contributed by atoms with E-state index < -0.39 is 0 Å². The minimum Gasteiger partial charge on any atom is -0.383 e. The average Bonchev–Trinajstić information content (AvgIpc) is 2.53. The average molecular weight is 276 g/mol.